The highest BCUT2D eigenvalue weighted by atomic mass is 32.2. The fourth-order valence-electron chi connectivity index (χ4n) is 2.53. The number of nitrogens with one attached hydrogen (secondary N) is 1. The zero-order chi connectivity index (χ0) is 14.6. The highest BCUT2D eigenvalue weighted by Crippen LogP contribution is 2.28. The lowest BCUT2D eigenvalue weighted by molar-refractivity contribution is -0.124. The Morgan fingerprint density at radius 2 is 1.75 bits per heavy atom. The molecule has 3 N–H and O–H groups in total. The highest BCUT2D eigenvalue weighted by Gasteiger charge is 2.28. The number of nitrogens with two attached hydrogens (primary N) is 1. The molecule has 1 amide bonds. The van der Waals surface area contributed by atoms with Gasteiger partial charge in [0.1, 0.15) is 0 Å². The van der Waals surface area contributed by atoms with E-state index >= 15 is 0 Å². The molecule has 0 bridgehead atoms. The molecule has 0 saturated heterocycles. The van der Waals surface area contributed by atoms with Crippen molar-refractivity contribution >= 4 is 15.9 Å². The molecule has 2 rings (SSSR count). The van der Waals surface area contributed by atoms with Gasteiger partial charge in [-0.15, -0.1) is 0 Å². The van der Waals surface area contributed by atoms with Crippen LogP contribution in [-0.2, 0) is 14.8 Å². The molecule has 20 heavy (non-hydrogen) atoms. The maximum Gasteiger partial charge on any atom is 0.264 e. The zero-order valence-electron chi connectivity index (χ0n) is 11.3. The van der Waals surface area contributed by atoms with Crippen LogP contribution in [0.15, 0.2) is 35.2 Å². The minimum absolute atomic E-state index is 0.115. The van der Waals surface area contributed by atoms with Crippen LogP contribution in [0.3, 0.4) is 0 Å². The van der Waals surface area contributed by atoms with E-state index in [-0.39, 0.29) is 10.8 Å². The Hall–Kier alpha value is -1.40. The van der Waals surface area contributed by atoms with Crippen molar-refractivity contribution in [3.8, 4) is 0 Å². The number of carbonyl (C=O) groups excluding carboxylic acids is 1. The molecule has 1 aromatic carbocycles. The van der Waals surface area contributed by atoms with E-state index in [1.807, 2.05) is 0 Å². The third-order valence-corrected chi connectivity index (χ3v) is 5.20. The highest BCUT2D eigenvalue weighted by molar-refractivity contribution is 7.90. The minimum Gasteiger partial charge on any atom is -0.330 e. The Bertz CT molecular complexity index is 549. The summed E-state index contributed by atoms with van der Waals surface area (Å²) in [5, 5.41) is 0. The van der Waals surface area contributed by atoms with E-state index in [0.29, 0.717) is 25.3 Å². The molecule has 110 valence electrons. The van der Waals surface area contributed by atoms with E-state index in [9.17, 15) is 13.2 Å². The molecular weight excluding hydrogens is 276 g/mol. The van der Waals surface area contributed by atoms with Gasteiger partial charge in [0, 0.05) is 5.92 Å². The van der Waals surface area contributed by atoms with Crippen LogP contribution >= 0.6 is 0 Å². The third-order valence-electron chi connectivity index (χ3n) is 3.84. The van der Waals surface area contributed by atoms with Crippen LogP contribution < -0.4 is 10.5 Å². The molecule has 0 unspecified atom stereocenters. The van der Waals surface area contributed by atoms with Crippen LogP contribution in [0.1, 0.15) is 25.7 Å². The molecule has 0 spiro atoms. The van der Waals surface area contributed by atoms with Crippen molar-refractivity contribution in [2.24, 2.45) is 17.6 Å². The maximum absolute atomic E-state index is 12.1. The molecule has 0 heterocycles. The van der Waals surface area contributed by atoms with Crippen molar-refractivity contribution in [1.29, 1.82) is 0 Å². The maximum atomic E-state index is 12.1. The Morgan fingerprint density at radius 3 is 2.30 bits per heavy atom. The monoisotopic (exact) mass is 296 g/mol. The van der Waals surface area contributed by atoms with Gasteiger partial charge in [-0.25, -0.2) is 13.1 Å². The topological polar surface area (TPSA) is 89.3 Å². The normalized spacial score (nSPS) is 23.2. The average molecular weight is 296 g/mol. The lowest BCUT2D eigenvalue weighted by Crippen LogP contribution is -2.37. The van der Waals surface area contributed by atoms with Gasteiger partial charge in [0.15, 0.2) is 0 Å². The summed E-state index contributed by atoms with van der Waals surface area (Å²) in [5.74, 6) is -0.162. The van der Waals surface area contributed by atoms with Gasteiger partial charge in [-0.2, -0.15) is 0 Å². The second-order valence-corrected chi connectivity index (χ2v) is 6.92. The number of hydrogen-bond acceptors (Lipinski definition) is 4. The van der Waals surface area contributed by atoms with Crippen molar-refractivity contribution in [3.63, 3.8) is 0 Å². The number of carbonyl (C=O) groups is 1. The predicted octanol–water partition coefficient (Wildman–Crippen LogP) is 1.26. The molecule has 1 aliphatic rings. The second-order valence-electron chi connectivity index (χ2n) is 5.24. The summed E-state index contributed by atoms with van der Waals surface area (Å²) in [4.78, 5) is 12.2. The Balaban J connectivity index is 1.98. The second kappa shape index (κ2) is 6.37. The molecule has 6 heteroatoms. The first-order valence-corrected chi connectivity index (χ1v) is 8.33. The minimum atomic E-state index is -3.75. The molecular formula is C14H20N2O3S. The van der Waals surface area contributed by atoms with Crippen LogP contribution in [-0.4, -0.2) is 20.9 Å². The summed E-state index contributed by atoms with van der Waals surface area (Å²) in [6.07, 6.45) is 3.19. The number of benzene rings is 1. The molecule has 0 aromatic heterocycles. The van der Waals surface area contributed by atoms with E-state index in [2.05, 4.69) is 4.72 Å². The van der Waals surface area contributed by atoms with Gasteiger partial charge >= 0.3 is 0 Å². The molecule has 0 radical (unpaired) electrons. The lowest BCUT2D eigenvalue weighted by Gasteiger charge is -2.26. The van der Waals surface area contributed by atoms with E-state index in [1.54, 1.807) is 18.2 Å². The van der Waals surface area contributed by atoms with Gasteiger partial charge in [-0.1, -0.05) is 18.2 Å². The van der Waals surface area contributed by atoms with Crippen molar-refractivity contribution in [2.45, 2.75) is 30.6 Å². The lowest BCUT2D eigenvalue weighted by atomic mass is 9.82. The van der Waals surface area contributed by atoms with Crippen molar-refractivity contribution in [3.05, 3.63) is 30.3 Å². The van der Waals surface area contributed by atoms with Gasteiger partial charge in [-0.3, -0.25) is 4.79 Å². The Kier molecular flexibility index (Phi) is 4.77. The van der Waals surface area contributed by atoms with E-state index in [1.165, 1.54) is 12.1 Å². The van der Waals surface area contributed by atoms with Gasteiger partial charge in [0.25, 0.3) is 10.0 Å². The van der Waals surface area contributed by atoms with Crippen molar-refractivity contribution < 1.29 is 13.2 Å². The first kappa shape index (κ1) is 15.0. The molecule has 0 atom stereocenters. The van der Waals surface area contributed by atoms with E-state index in [0.717, 1.165) is 12.8 Å². The van der Waals surface area contributed by atoms with Crippen LogP contribution in [0.25, 0.3) is 0 Å². The van der Waals surface area contributed by atoms with Crippen LogP contribution in [0.4, 0.5) is 0 Å². The standard InChI is InChI=1S/C14H20N2O3S/c15-10-11-6-8-12(9-7-11)14(17)16-20(18,19)13-4-2-1-3-5-13/h1-5,11-12H,6-10,15H2,(H,16,17). The third kappa shape index (κ3) is 3.58. The summed E-state index contributed by atoms with van der Waals surface area (Å²) in [6, 6.07) is 7.94. The van der Waals surface area contributed by atoms with Gasteiger partial charge in [-0.05, 0) is 50.3 Å². The summed E-state index contributed by atoms with van der Waals surface area (Å²) >= 11 is 0. The van der Waals surface area contributed by atoms with E-state index in [4.69, 9.17) is 5.73 Å². The first-order chi connectivity index (χ1) is 9.53. The zero-order valence-corrected chi connectivity index (χ0v) is 12.1. The van der Waals surface area contributed by atoms with Crippen LogP contribution in [0.5, 0.6) is 0 Å². The smallest absolute Gasteiger partial charge is 0.264 e. The number of hydrogen-bond donors (Lipinski definition) is 2. The summed E-state index contributed by atoms with van der Waals surface area (Å²) in [5.41, 5.74) is 5.61. The van der Waals surface area contributed by atoms with Crippen molar-refractivity contribution in [2.75, 3.05) is 6.54 Å². The molecule has 1 aliphatic carbocycles. The molecule has 1 aromatic rings. The number of rotatable bonds is 4. The molecule has 0 aliphatic heterocycles. The first-order valence-electron chi connectivity index (χ1n) is 6.84. The average Bonchev–Trinajstić information content (AvgIpc) is 2.48. The quantitative estimate of drug-likeness (QED) is 0.875. The van der Waals surface area contributed by atoms with Crippen molar-refractivity contribution in [1.82, 2.24) is 4.72 Å². The summed E-state index contributed by atoms with van der Waals surface area (Å²) in [7, 11) is -3.75. The van der Waals surface area contributed by atoms with E-state index < -0.39 is 15.9 Å². The predicted molar refractivity (Wildman–Crippen MR) is 76.3 cm³/mol. The Morgan fingerprint density at radius 1 is 1.15 bits per heavy atom. The fourth-order valence-corrected chi connectivity index (χ4v) is 3.60. The summed E-state index contributed by atoms with van der Waals surface area (Å²) < 4.78 is 26.3. The van der Waals surface area contributed by atoms with Gasteiger partial charge in [0.2, 0.25) is 5.91 Å². The molecule has 5 nitrogen and oxygen atoms in total. The van der Waals surface area contributed by atoms with Gasteiger partial charge < -0.3 is 5.73 Å². The van der Waals surface area contributed by atoms with Crippen LogP contribution in [0.2, 0.25) is 0 Å². The van der Waals surface area contributed by atoms with Gasteiger partial charge in [0.05, 0.1) is 4.90 Å². The molecule has 1 fully saturated rings. The molecule has 1 saturated carbocycles. The fraction of sp³-hybridized carbons (Fsp3) is 0.500. The number of sulfonamides is 1. The summed E-state index contributed by atoms with van der Waals surface area (Å²) in [6.45, 7) is 0.636. The van der Waals surface area contributed by atoms with Crippen LogP contribution in [0, 0.1) is 11.8 Å². The Labute approximate surface area is 119 Å². The SMILES string of the molecule is NCC1CCC(C(=O)NS(=O)(=O)c2ccccc2)CC1. The number of amides is 1. The largest absolute Gasteiger partial charge is 0.330 e.